The van der Waals surface area contributed by atoms with Crippen LogP contribution in [-0.2, 0) is 24.3 Å². The third kappa shape index (κ3) is 8.69. The molecule has 0 spiro atoms. The van der Waals surface area contributed by atoms with E-state index in [1.54, 1.807) is 42.9 Å². The van der Waals surface area contributed by atoms with Gasteiger partial charge in [-0.1, -0.05) is 59.1 Å². The number of nitrogens with one attached hydrogen (secondary N) is 2. The van der Waals surface area contributed by atoms with E-state index in [9.17, 15) is 4.79 Å². The van der Waals surface area contributed by atoms with E-state index < -0.39 is 0 Å². The first-order chi connectivity index (χ1) is 19.7. The average Bonchev–Trinajstić information content (AvgIpc) is 3.38. The lowest BCUT2D eigenvalue weighted by Gasteiger charge is -2.29. The van der Waals surface area contributed by atoms with Crippen molar-refractivity contribution in [3.8, 4) is 6.07 Å². The molecule has 0 saturated heterocycles. The molecule has 1 amide bonds. The summed E-state index contributed by atoms with van der Waals surface area (Å²) in [6, 6.07) is 21.9. The fourth-order valence-corrected chi connectivity index (χ4v) is 4.98. The smallest absolute Gasteiger partial charge is 0.226 e. The van der Waals surface area contributed by atoms with E-state index in [-0.39, 0.29) is 18.4 Å². The van der Waals surface area contributed by atoms with Crippen LogP contribution in [0.1, 0.15) is 29.3 Å². The number of thiocarbonyl (C=S) groups is 1. The first-order valence-electron chi connectivity index (χ1n) is 12.7. The number of hydrogen-bond donors (Lipinski definition) is 2. The largest absolute Gasteiger partial charge is 0.352 e. The van der Waals surface area contributed by atoms with Crippen molar-refractivity contribution in [1.29, 1.82) is 5.26 Å². The Morgan fingerprint density at radius 1 is 1.10 bits per heavy atom. The van der Waals surface area contributed by atoms with Crippen LogP contribution in [0.2, 0.25) is 15.1 Å². The fourth-order valence-electron chi connectivity index (χ4n) is 4.22. The Kier molecular flexibility index (Phi) is 10.6. The lowest BCUT2D eigenvalue weighted by Crippen LogP contribution is -2.45. The zero-order valence-electron chi connectivity index (χ0n) is 22.2. The topological polar surface area (TPSA) is 86.0 Å². The minimum atomic E-state index is -0.250. The number of halogens is 3. The van der Waals surface area contributed by atoms with Gasteiger partial charge in [-0.25, -0.2) is 4.98 Å². The molecule has 2 N–H and O–H groups in total. The molecule has 4 aromatic rings. The van der Waals surface area contributed by atoms with E-state index in [1.165, 1.54) is 0 Å². The van der Waals surface area contributed by atoms with E-state index in [0.717, 1.165) is 22.5 Å². The van der Waals surface area contributed by atoms with Gasteiger partial charge in [0.25, 0.3) is 0 Å². The van der Waals surface area contributed by atoms with Crippen molar-refractivity contribution in [2.75, 3.05) is 11.9 Å². The van der Waals surface area contributed by atoms with E-state index in [2.05, 4.69) is 21.7 Å². The van der Waals surface area contributed by atoms with Crippen LogP contribution < -0.4 is 10.6 Å². The fraction of sp³-hybridized carbons (Fsp3) is 0.200. The third-order valence-corrected chi connectivity index (χ3v) is 7.72. The molecule has 0 unspecified atom stereocenters. The van der Waals surface area contributed by atoms with Crippen LogP contribution in [-0.4, -0.2) is 38.1 Å². The summed E-state index contributed by atoms with van der Waals surface area (Å²) >= 11 is 24.5. The number of carbonyl (C=O) groups is 1. The third-order valence-electron chi connectivity index (χ3n) is 6.25. The van der Waals surface area contributed by atoms with Gasteiger partial charge in [-0.3, -0.25) is 4.79 Å². The Morgan fingerprint density at radius 3 is 2.54 bits per heavy atom. The summed E-state index contributed by atoms with van der Waals surface area (Å²) in [4.78, 5) is 19.2. The summed E-state index contributed by atoms with van der Waals surface area (Å²) in [6.45, 7) is 3.26. The van der Waals surface area contributed by atoms with Crippen molar-refractivity contribution in [2.45, 2.75) is 32.5 Å². The van der Waals surface area contributed by atoms with Gasteiger partial charge in [-0.05, 0) is 72.7 Å². The van der Waals surface area contributed by atoms with Crippen LogP contribution in [0.25, 0.3) is 0 Å². The number of benzene rings is 3. The van der Waals surface area contributed by atoms with Gasteiger partial charge in [0.15, 0.2) is 5.11 Å². The van der Waals surface area contributed by atoms with Gasteiger partial charge < -0.3 is 20.1 Å². The number of anilines is 1. The van der Waals surface area contributed by atoms with E-state index in [1.807, 2.05) is 52.8 Å². The number of amides is 1. The molecule has 0 aliphatic rings. The van der Waals surface area contributed by atoms with Crippen molar-refractivity contribution < 1.29 is 4.79 Å². The van der Waals surface area contributed by atoms with Crippen molar-refractivity contribution in [3.05, 3.63) is 117 Å². The summed E-state index contributed by atoms with van der Waals surface area (Å²) in [5.41, 5.74) is 3.98. The van der Waals surface area contributed by atoms with Gasteiger partial charge in [-0.15, -0.1) is 0 Å². The summed E-state index contributed by atoms with van der Waals surface area (Å²) < 4.78 is 1.92. The van der Waals surface area contributed by atoms with Crippen molar-refractivity contribution in [3.63, 3.8) is 0 Å². The molecule has 1 heterocycles. The zero-order chi connectivity index (χ0) is 29.4. The average molecular weight is 626 g/mol. The summed E-state index contributed by atoms with van der Waals surface area (Å²) in [7, 11) is 0. The minimum Gasteiger partial charge on any atom is -0.352 e. The lowest BCUT2D eigenvalue weighted by molar-refractivity contribution is -0.121. The van der Waals surface area contributed by atoms with Gasteiger partial charge in [0.05, 0.1) is 34.4 Å². The zero-order valence-corrected chi connectivity index (χ0v) is 25.2. The Balaban J connectivity index is 1.41. The van der Waals surface area contributed by atoms with Gasteiger partial charge in [0, 0.05) is 48.3 Å². The molecular weight excluding hydrogens is 599 g/mol. The second-order valence-corrected chi connectivity index (χ2v) is 11.1. The lowest BCUT2D eigenvalue weighted by atomic mass is 10.1. The number of aromatic nitrogens is 2. The van der Waals surface area contributed by atoms with Gasteiger partial charge in [-0.2, -0.15) is 5.26 Å². The molecule has 0 bridgehead atoms. The predicted octanol–water partition coefficient (Wildman–Crippen LogP) is 6.71. The van der Waals surface area contributed by atoms with E-state index >= 15 is 0 Å². The maximum Gasteiger partial charge on any atom is 0.226 e. The van der Waals surface area contributed by atoms with Crippen molar-refractivity contribution in [1.82, 2.24) is 19.8 Å². The molecule has 11 heteroatoms. The number of carbonyl (C=O) groups excluding carboxylic acids is 1. The number of rotatable bonds is 10. The molecule has 210 valence electrons. The predicted molar refractivity (Wildman–Crippen MR) is 168 cm³/mol. The Bertz CT molecular complexity index is 1550. The Hall–Kier alpha value is -3.61. The van der Waals surface area contributed by atoms with Crippen LogP contribution in [0.15, 0.2) is 79.3 Å². The van der Waals surface area contributed by atoms with Crippen molar-refractivity contribution in [2.24, 2.45) is 0 Å². The SMILES string of the molecule is C[C@@H](CN(Cc1cccc(Cl)c1Cl)C(=S)Nc1ccc(Cl)cc1)NC(=O)Cc1cncn1Cc1ccc(C#N)cc1. The van der Waals surface area contributed by atoms with Crippen LogP contribution in [0.4, 0.5) is 5.69 Å². The molecule has 1 atom stereocenters. The van der Waals surface area contributed by atoms with Crippen LogP contribution in [0.5, 0.6) is 0 Å². The molecule has 41 heavy (non-hydrogen) atoms. The van der Waals surface area contributed by atoms with E-state index in [0.29, 0.717) is 45.4 Å². The Labute approximate surface area is 259 Å². The molecule has 0 radical (unpaired) electrons. The minimum absolute atomic E-state index is 0.142. The highest BCUT2D eigenvalue weighted by Crippen LogP contribution is 2.27. The second-order valence-electron chi connectivity index (χ2n) is 9.50. The standard InChI is InChI=1S/C30H27Cl3N6OS/c1-20(36-28(40)13-26-15-35-19-39(26)17-22-7-5-21(14-34)6-8-22)16-38(18-23-3-2-4-27(32)29(23)33)30(41)37-25-11-9-24(31)10-12-25/h2-12,15,19-20H,13,16-18H2,1H3,(H,36,40)(H,37,41)/t20-/m0/s1. The van der Waals surface area contributed by atoms with Gasteiger partial charge in [0.1, 0.15) is 0 Å². The first kappa shape index (κ1) is 30.4. The molecular formula is C30H27Cl3N6OS. The molecule has 0 aliphatic carbocycles. The van der Waals surface area contributed by atoms with Crippen LogP contribution in [0.3, 0.4) is 0 Å². The quantitative estimate of drug-likeness (QED) is 0.191. The number of nitriles is 1. The first-order valence-corrected chi connectivity index (χ1v) is 14.3. The van der Waals surface area contributed by atoms with Gasteiger partial charge in [0.2, 0.25) is 5.91 Å². The van der Waals surface area contributed by atoms with E-state index in [4.69, 9.17) is 52.3 Å². The van der Waals surface area contributed by atoms with Crippen LogP contribution >= 0.6 is 47.0 Å². The van der Waals surface area contributed by atoms with Crippen LogP contribution in [0, 0.1) is 11.3 Å². The summed E-state index contributed by atoms with van der Waals surface area (Å²) in [5, 5.41) is 17.3. The molecule has 0 aliphatic heterocycles. The van der Waals surface area contributed by atoms with Gasteiger partial charge >= 0.3 is 0 Å². The number of nitrogens with zero attached hydrogens (tertiary/aromatic N) is 4. The highest BCUT2D eigenvalue weighted by atomic mass is 35.5. The molecule has 0 fully saturated rings. The highest BCUT2D eigenvalue weighted by molar-refractivity contribution is 7.80. The monoisotopic (exact) mass is 624 g/mol. The maximum atomic E-state index is 13.0. The summed E-state index contributed by atoms with van der Waals surface area (Å²) in [6.07, 6.45) is 3.54. The molecule has 4 rings (SSSR count). The summed E-state index contributed by atoms with van der Waals surface area (Å²) in [5.74, 6) is -0.142. The van der Waals surface area contributed by atoms with Crippen molar-refractivity contribution >= 4 is 63.7 Å². The second kappa shape index (κ2) is 14.3. The maximum absolute atomic E-state index is 13.0. The normalized spacial score (nSPS) is 11.4. The highest BCUT2D eigenvalue weighted by Gasteiger charge is 2.19. The molecule has 3 aromatic carbocycles. The number of imidazole rings is 1. The molecule has 0 saturated carbocycles. The number of hydrogen-bond acceptors (Lipinski definition) is 4. The molecule has 7 nitrogen and oxygen atoms in total. The Morgan fingerprint density at radius 2 is 1.83 bits per heavy atom. The molecule has 1 aromatic heterocycles.